The van der Waals surface area contributed by atoms with Crippen LogP contribution in [0.5, 0.6) is 0 Å². The van der Waals surface area contributed by atoms with Gasteiger partial charge in [0, 0.05) is 30.9 Å². The Morgan fingerprint density at radius 3 is 2.33 bits per heavy atom. The Balaban J connectivity index is 1.91. The molecule has 1 aliphatic rings. The average Bonchev–Trinajstić information content (AvgIpc) is 2.75. The summed E-state index contributed by atoms with van der Waals surface area (Å²) in [7, 11) is -4.10. The van der Waals surface area contributed by atoms with Crippen molar-refractivity contribution in [2.75, 3.05) is 18.0 Å². The Kier molecular flexibility index (Phi) is 6.56. The molecule has 33 heavy (non-hydrogen) atoms. The van der Waals surface area contributed by atoms with Crippen LogP contribution in [-0.4, -0.2) is 26.1 Å². The van der Waals surface area contributed by atoms with Crippen molar-refractivity contribution in [3.05, 3.63) is 63.7 Å². The largest absolute Gasteiger partial charge is 0.369 e. The van der Waals surface area contributed by atoms with Crippen LogP contribution in [0.4, 0.5) is 10.1 Å². The van der Waals surface area contributed by atoms with Gasteiger partial charge in [0.15, 0.2) is 0 Å². The molecule has 2 atom stereocenters. The molecule has 1 aliphatic heterocycles. The van der Waals surface area contributed by atoms with Crippen molar-refractivity contribution in [1.29, 1.82) is 0 Å². The van der Waals surface area contributed by atoms with Gasteiger partial charge in [0.1, 0.15) is 10.7 Å². The van der Waals surface area contributed by atoms with Crippen molar-refractivity contribution in [3.8, 4) is 0 Å². The molecule has 1 fully saturated rings. The normalized spacial score (nSPS) is 19.2. The number of nitrogens with zero attached hydrogens (tertiary/aromatic N) is 2. The standard InChI is InChI=1S/C25H28ClFN2O3S/c1-4-9-28-15-24(33(31,32)19-7-5-18(26)6-8-19)25(30)20-11-21(27)23(12-22(20)28)29-13-16(2)10-17(3)14-29/h5-8,11-12,15-17H,4,9-10,13-14H2,1-3H3. The molecule has 1 aromatic heterocycles. The van der Waals surface area contributed by atoms with Crippen molar-refractivity contribution in [1.82, 2.24) is 4.57 Å². The maximum Gasteiger partial charge on any atom is 0.211 e. The lowest BCUT2D eigenvalue weighted by Crippen LogP contribution is -2.39. The zero-order valence-electron chi connectivity index (χ0n) is 19.0. The van der Waals surface area contributed by atoms with Gasteiger partial charge in [0.2, 0.25) is 15.3 Å². The second-order valence-electron chi connectivity index (χ2n) is 9.15. The lowest BCUT2D eigenvalue weighted by atomic mass is 9.91. The number of rotatable bonds is 5. The number of hydrogen-bond donors (Lipinski definition) is 0. The van der Waals surface area contributed by atoms with Gasteiger partial charge in [-0.05, 0) is 61.1 Å². The monoisotopic (exact) mass is 490 g/mol. The molecule has 0 N–H and O–H groups in total. The topological polar surface area (TPSA) is 59.4 Å². The van der Waals surface area contributed by atoms with Gasteiger partial charge in [-0.1, -0.05) is 32.4 Å². The minimum Gasteiger partial charge on any atom is -0.369 e. The number of aryl methyl sites for hydroxylation is 1. The zero-order valence-corrected chi connectivity index (χ0v) is 20.6. The third-order valence-corrected chi connectivity index (χ3v) is 8.22. The van der Waals surface area contributed by atoms with Crippen molar-refractivity contribution in [3.63, 3.8) is 0 Å². The van der Waals surface area contributed by atoms with Crippen molar-refractivity contribution >= 4 is 38.0 Å². The van der Waals surface area contributed by atoms with Crippen LogP contribution in [0.3, 0.4) is 0 Å². The van der Waals surface area contributed by atoms with Gasteiger partial charge in [0.05, 0.1) is 21.5 Å². The molecule has 3 aromatic rings. The molecule has 0 bridgehead atoms. The maximum absolute atomic E-state index is 15.3. The number of pyridine rings is 1. The van der Waals surface area contributed by atoms with Crippen LogP contribution in [0.2, 0.25) is 5.02 Å². The van der Waals surface area contributed by atoms with Gasteiger partial charge in [-0.3, -0.25) is 4.79 Å². The van der Waals surface area contributed by atoms with Crippen LogP contribution in [-0.2, 0) is 16.4 Å². The second-order valence-corrected chi connectivity index (χ2v) is 11.5. The Hall–Kier alpha value is -2.38. The van der Waals surface area contributed by atoms with Crippen LogP contribution in [0.15, 0.2) is 57.2 Å². The molecule has 0 saturated carbocycles. The van der Waals surface area contributed by atoms with Gasteiger partial charge >= 0.3 is 0 Å². The highest BCUT2D eigenvalue weighted by Crippen LogP contribution is 2.32. The first kappa shape index (κ1) is 23.8. The summed E-state index contributed by atoms with van der Waals surface area (Å²) >= 11 is 5.89. The van der Waals surface area contributed by atoms with Crippen LogP contribution >= 0.6 is 11.6 Å². The predicted octanol–water partition coefficient (Wildman–Crippen LogP) is 5.52. The lowest BCUT2D eigenvalue weighted by molar-refractivity contribution is 0.354. The van der Waals surface area contributed by atoms with Gasteiger partial charge in [-0.25, -0.2) is 12.8 Å². The molecule has 2 aromatic carbocycles. The van der Waals surface area contributed by atoms with Crippen molar-refractivity contribution in [2.45, 2.75) is 49.9 Å². The van der Waals surface area contributed by atoms with E-state index in [1.54, 1.807) is 10.6 Å². The highest BCUT2D eigenvalue weighted by atomic mass is 35.5. The molecule has 0 aliphatic carbocycles. The number of piperidine rings is 1. The number of benzene rings is 2. The number of anilines is 1. The predicted molar refractivity (Wildman–Crippen MR) is 131 cm³/mol. The van der Waals surface area contributed by atoms with Gasteiger partial charge < -0.3 is 9.47 Å². The summed E-state index contributed by atoms with van der Waals surface area (Å²) < 4.78 is 43.6. The Morgan fingerprint density at radius 1 is 1.09 bits per heavy atom. The Labute approximate surface area is 198 Å². The molecule has 1 saturated heterocycles. The van der Waals surface area contributed by atoms with E-state index in [9.17, 15) is 13.2 Å². The third kappa shape index (κ3) is 4.53. The van der Waals surface area contributed by atoms with Gasteiger partial charge in [-0.2, -0.15) is 0 Å². The van der Waals surface area contributed by atoms with Crippen LogP contribution in [0, 0.1) is 17.7 Å². The fraction of sp³-hybridized carbons (Fsp3) is 0.400. The van der Waals surface area contributed by atoms with E-state index in [1.165, 1.54) is 36.5 Å². The summed E-state index contributed by atoms with van der Waals surface area (Å²) in [6.45, 7) is 8.26. The van der Waals surface area contributed by atoms with Gasteiger partial charge in [-0.15, -0.1) is 0 Å². The van der Waals surface area contributed by atoms with E-state index in [0.717, 1.165) is 25.9 Å². The maximum atomic E-state index is 15.3. The molecule has 4 rings (SSSR count). The number of fused-ring (bicyclic) bond motifs is 1. The summed E-state index contributed by atoms with van der Waals surface area (Å²) in [5, 5.41) is 0.463. The van der Waals surface area contributed by atoms with Crippen molar-refractivity contribution in [2.24, 2.45) is 11.8 Å². The Morgan fingerprint density at radius 2 is 1.73 bits per heavy atom. The first-order chi connectivity index (χ1) is 15.6. The molecule has 0 amide bonds. The first-order valence-electron chi connectivity index (χ1n) is 11.2. The number of halogens is 2. The van der Waals surface area contributed by atoms with E-state index in [4.69, 9.17) is 11.6 Å². The van der Waals surface area contributed by atoms with Crippen LogP contribution < -0.4 is 10.3 Å². The minimum absolute atomic E-state index is 0.0280. The molecular weight excluding hydrogens is 463 g/mol. The number of aromatic nitrogens is 1. The minimum atomic E-state index is -4.10. The van der Waals surface area contributed by atoms with E-state index in [1.807, 2.05) is 11.8 Å². The zero-order chi connectivity index (χ0) is 23.9. The molecule has 176 valence electrons. The van der Waals surface area contributed by atoms with E-state index in [2.05, 4.69) is 13.8 Å². The average molecular weight is 491 g/mol. The van der Waals surface area contributed by atoms with E-state index < -0.39 is 21.1 Å². The third-order valence-electron chi connectivity index (χ3n) is 6.20. The summed E-state index contributed by atoms with van der Waals surface area (Å²) in [5.74, 6) is 0.368. The first-order valence-corrected chi connectivity index (χ1v) is 13.1. The van der Waals surface area contributed by atoms with E-state index >= 15 is 4.39 Å². The number of sulfone groups is 1. The molecule has 5 nitrogen and oxygen atoms in total. The van der Waals surface area contributed by atoms with Crippen LogP contribution in [0.1, 0.15) is 33.6 Å². The SMILES string of the molecule is CCCn1cc(S(=O)(=O)c2ccc(Cl)cc2)c(=O)c2cc(F)c(N3CC(C)CC(C)C3)cc21. The lowest BCUT2D eigenvalue weighted by Gasteiger charge is -2.37. The summed E-state index contributed by atoms with van der Waals surface area (Å²) in [6.07, 6.45) is 3.21. The molecular formula is C25H28ClFN2O3S. The summed E-state index contributed by atoms with van der Waals surface area (Å²) in [5.41, 5.74) is 0.302. The highest BCUT2D eigenvalue weighted by molar-refractivity contribution is 7.91. The fourth-order valence-corrected chi connectivity index (χ4v) is 6.33. The van der Waals surface area contributed by atoms with E-state index in [0.29, 0.717) is 34.6 Å². The Bertz CT molecular complexity index is 1340. The molecule has 2 unspecified atom stereocenters. The second kappa shape index (κ2) is 9.11. The molecule has 0 spiro atoms. The fourth-order valence-electron chi connectivity index (χ4n) is 4.83. The summed E-state index contributed by atoms with van der Waals surface area (Å²) in [6, 6.07) is 8.57. The smallest absolute Gasteiger partial charge is 0.211 e. The molecule has 2 heterocycles. The summed E-state index contributed by atoms with van der Waals surface area (Å²) in [4.78, 5) is 15.0. The van der Waals surface area contributed by atoms with E-state index in [-0.39, 0.29) is 15.2 Å². The molecule has 0 radical (unpaired) electrons. The van der Waals surface area contributed by atoms with Crippen LogP contribution in [0.25, 0.3) is 10.9 Å². The number of hydrogen-bond acceptors (Lipinski definition) is 4. The quantitative estimate of drug-likeness (QED) is 0.472. The molecule has 8 heteroatoms. The van der Waals surface area contributed by atoms with Crippen molar-refractivity contribution < 1.29 is 12.8 Å². The van der Waals surface area contributed by atoms with Gasteiger partial charge in [0.25, 0.3) is 0 Å². The highest BCUT2D eigenvalue weighted by Gasteiger charge is 2.27.